The normalized spacial score (nSPS) is 30.5. The molecule has 8 heteroatoms. The summed E-state index contributed by atoms with van der Waals surface area (Å²) in [5.41, 5.74) is 0.472. The Bertz CT molecular complexity index is 632. The van der Waals surface area contributed by atoms with E-state index in [9.17, 15) is 9.59 Å². The van der Waals surface area contributed by atoms with E-state index in [1.807, 2.05) is 6.92 Å². The fourth-order valence-electron chi connectivity index (χ4n) is 3.48. The summed E-state index contributed by atoms with van der Waals surface area (Å²) < 4.78 is 5.50. The minimum Gasteiger partial charge on any atom is -0.439 e. The summed E-state index contributed by atoms with van der Waals surface area (Å²) >= 11 is 1.46. The number of fused-ring (bicyclic) bond motifs is 1. The Morgan fingerprint density at radius 3 is 2.86 bits per heavy atom. The van der Waals surface area contributed by atoms with E-state index in [-0.39, 0.29) is 12.0 Å². The average molecular weight is 322 g/mol. The van der Waals surface area contributed by atoms with Crippen molar-refractivity contribution in [3.63, 3.8) is 0 Å². The molecule has 0 aromatic heterocycles. The van der Waals surface area contributed by atoms with Crippen molar-refractivity contribution in [1.82, 2.24) is 14.7 Å². The number of carbonyl (C=O) groups excluding carboxylic acids is 2. The molecule has 0 aliphatic carbocycles. The third-order valence-electron chi connectivity index (χ3n) is 4.67. The second kappa shape index (κ2) is 4.65. The summed E-state index contributed by atoms with van der Waals surface area (Å²) in [7, 11) is 1.73. The highest BCUT2D eigenvalue weighted by atomic mass is 32.2. The molecule has 4 heterocycles. The molecule has 0 N–H and O–H groups in total. The van der Waals surface area contributed by atoms with Gasteiger partial charge in [-0.05, 0) is 18.7 Å². The minimum atomic E-state index is -0.521. The van der Waals surface area contributed by atoms with Gasteiger partial charge in [0.25, 0.3) is 5.91 Å². The molecule has 2 amide bonds. The van der Waals surface area contributed by atoms with Gasteiger partial charge in [0.15, 0.2) is 10.8 Å². The number of allylic oxidation sites excluding steroid dienone is 1. The zero-order valence-electron chi connectivity index (χ0n) is 12.7. The number of hydrogen-bond donors (Lipinski definition) is 0. The van der Waals surface area contributed by atoms with Crippen LogP contribution in [-0.4, -0.2) is 77.2 Å². The third kappa shape index (κ3) is 1.93. The Labute approximate surface area is 133 Å². The highest BCUT2D eigenvalue weighted by molar-refractivity contribution is 8.18. The number of amides is 2. The van der Waals surface area contributed by atoms with E-state index in [0.29, 0.717) is 26.1 Å². The predicted octanol–water partition coefficient (Wildman–Crippen LogP) is 0.689. The lowest BCUT2D eigenvalue weighted by Gasteiger charge is -2.22. The number of thioether (sulfide) groups is 1. The molecule has 1 spiro atoms. The Kier molecular flexibility index (Phi) is 2.94. The fraction of sp³-hybridized carbons (Fsp3) is 0.643. The molecule has 0 unspecified atom stereocenters. The van der Waals surface area contributed by atoms with Gasteiger partial charge in [-0.2, -0.15) is 0 Å². The maximum Gasteiger partial charge on any atom is 0.410 e. The van der Waals surface area contributed by atoms with Gasteiger partial charge in [-0.25, -0.2) is 4.79 Å². The van der Waals surface area contributed by atoms with E-state index in [2.05, 4.69) is 9.89 Å². The second-order valence-corrected chi connectivity index (χ2v) is 7.19. The Balaban J connectivity index is 1.50. The predicted molar refractivity (Wildman–Crippen MR) is 82.3 cm³/mol. The quantitative estimate of drug-likeness (QED) is 0.711. The number of amidine groups is 1. The van der Waals surface area contributed by atoms with Gasteiger partial charge >= 0.3 is 6.09 Å². The van der Waals surface area contributed by atoms with Gasteiger partial charge < -0.3 is 19.4 Å². The third-order valence-corrected chi connectivity index (χ3v) is 5.87. The number of carbonyl (C=O) groups is 2. The number of likely N-dealkylation sites (tertiary alicyclic amines) is 1. The van der Waals surface area contributed by atoms with Crippen molar-refractivity contribution in [2.24, 2.45) is 4.99 Å². The molecule has 1 atom stereocenters. The molecule has 22 heavy (non-hydrogen) atoms. The van der Waals surface area contributed by atoms with Crippen LogP contribution in [0.15, 0.2) is 15.6 Å². The van der Waals surface area contributed by atoms with Crippen LogP contribution in [0.25, 0.3) is 0 Å². The molecule has 0 aromatic carbocycles. The van der Waals surface area contributed by atoms with Crippen molar-refractivity contribution in [3.05, 3.63) is 10.6 Å². The molecule has 118 valence electrons. The highest BCUT2D eigenvalue weighted by Gasteiger charge is 2.50. The van der Waals surface area contributed by atoms with Gasteiger partial charge in [-0.1, -0.05) is 0 Å². The van der Waals surface area contributed by atoms with Crippen LogP contribution in [0, 0.1) is 0 Å². The molecule has 2 saturated heterocycles. The molecule has 4 aliphatic rings. The Hall–Kier alpha value is -1.70. The monoisotopic (exact) mass is 322 g/mol. The van der Waals surface area contributed by atoms with E-state index < -0.39 is 5.60 Å². The molecule has 0 radical (unpaired) electrons. The van der Waals surface area contributed by atoms with Gasteiger partial charge in [-0.3, -0.25) is 9.79 Å². The zero-order chi connectivity index (χ0) is 15.5. The number of rotatable bonds is 1. The van der Waals surface area contributed by atoms with E-state index >= 15 is 0 Å². The van der Waals surface area contributed by atoms with Gasteiger partial charge in [0.05, 0.1) is 24.5 Å². The first-order chi connectivity index (χ1) is 10.5. The van der Waals surface area contributed by atoms with Crippen molar-refractivity contribution in [2.75, 3.05) is 39.8 Å². The summed E-state index contributed by atoms with van der Waals surface area (Å²) in [5, 5.41) is 0.932. The SMILES string of the molecule is CC1=C(C(=O)N2CC[C@@]3(CN(C)C(=O)O3)C2)SC2=NCCN21. The number of nitrogens with zero attached hydrogens (tertiary/aromatic N) is 4. The Morgan fingerprint density at radius 2 is 2.18 bits per heavy atom. The summed E-state index contributed by atoms with van der Waals surface area (Å²) in [5.74, 6) is 0.0297. The van der Waals surface area contributed by atoms with Crippen molar-refractivity contribution < 1.29 is 14.3 Å². The lowest BCUT2D eigenvalue weighted by molar-refractivity contribution is -0.126. The fourth-order valence-corrected chi connectivity index (χ4v) is 4.63. The molecular formula is C14H18N4O3S. The first kappa shape index (κ1) is 13.9. The van der Waals surface area contributed by atoms with E-state index in [4.69, 9.17) is 4.74 Å². The minimum absolute atomic E-state index is 0.0297. The molecule has 0 aromatic rings. The van der Waals surface area contributed by atoms with Crippen LogP contribution in [0.5, 0.6) is 0 Å². The zero-order valence-corrected chi connectivity index (χ0v) is 13.5. The van der Waals surface area contributed by atoms with Crippen molar-refractivity contribution in [1.29, 1.82) is 0 Å². The molecule has 7 nitrogen and oxygen atoms in total. The Morgan fingerprint density at radius 1 is 1.36 bits per heavy atom. The first-order valence-corrected chi connectivity index (χ1v) is 8.25. The van der Waals surface area contributed by atoms with Crippen molar-refractivity contribution >= 4 is 28.9 Å². The van der Waals surface area contributed by atoms with E-state index in [1.54, 1.807) is 16.8 Å². The summed E-state index contributed by atoms with van der Waals surface area (Å²) in [4.78, 5) is 35.1. The molecule has 0 saturated carbocycles. The van der Waals surface area contributed by atoms with Crippen LogP contribution in [0.3, 0.4) is 0 Å². The van der Waals surface area contributed by atoms with Crippen molar-refractivity contribution in [3.8, 4) is 0 Å². The van der Waals surface area contributed by atoms with Gasteiger partial charge in [-0.15, -0.1) is 0 Å². The number of likely N-dealkylation sites (N-methyl/N-ethyl adjacent to an activating group) is 1. The average Bonchev–Trinajstić information content (AvgIpc) is 3.19. The van der Waals surface area contributed by atoms with Gasteiger partial charge in [0, 0.05) is 32.3 Å². The van der Waals surface area contributed by atoms with E-state index in [1.165, 1.54) is 11.8 Å². The van der Waals surface area contributed by atoms with Crippen LogP contribution in [0.4, 0.5) is 4.79 Å². The molecule has 4 rings (SSSR count). The lowest BCUT2D eigenvalue weighted by Crippen LogP contribution is -2.39. The number of ether oxygens (including phenoxy) is 1. The van der Waals surface area contributed by atoms with Crippen molar-refractivity contribution in [2.45, 2.75) is 18.9 Å². The molecule has 0 bridgehead atoms. The molecule has 2 fully saturated rings. The van der Waals surface area contributed by atoms with Crippen LogP contribution in [0.2, 0.25) is 0 Å². The smallest absolute Gasteiger partial charge is 0.410 e. The largest absolute Gasteiger partial charge is 0.439 e. The van der Waals surface area contributed by atoms with Gasteiger partial charge in [0.1, 0.15) is 0 Å². The summed E-state index contributed by atoms with van der Waals surface area (Å²) in [6.45, 7) is 5.30. The topological polar surface area (TPSA) is 65.5 Å². The number of aliphatic imine (C=N–C) groups is 1. The van der Waals surface area contributed by atoms with Crippen LogP contribution in [0.1, 0.15) is 13.3 Å². The van der Waals surface area contributed by atoms with Crippen LogP contribution in [-0.2, 0) is 9.53 Å². The molecule has 4 aliphatic heterocycles. The maximum atomic E-state index is 12.8. The van der Waals surface area contributed by atoms with Crippen LogP contribution >= 0.6 is 11.8 Å². The number of hydrogen-bond acceptors (Lipinski definition) is 6. The highest BCUT2D eigenvalue weighted by Crippen LogP contribution is 2.39. The molecular weight excluding hydrogens is 304 g/mol. The van der Waals surface area contributed by atoms with Gasteiger partial charge in [0.2, 0.25) is 0 Å². The maximum absolute atomic E-state index is 12.8. The second-order valence-electron chi connectivity index (χ2n) is 6.22. The standard InChI is InChI=1S/C14H18N4O3S/c1-9-10(22-12-15-4-6-18(9)12)11(19)17-5-3-14(8-17)7-16(2)13(20)21-14/h3-8H2,1-2H3/t14-/m1/s1. The van der Waals surface area contributed by atoms with E-state index in [0.717, 1.165) is 28.9 Å². The summed E-state index contributed by atoms with van der Waals surface area (Å²) in [6.07, 6.45) is 0.408. The lowest BCUT2D eigenvalue weighted by atomic mass is 10.0. The first-order valence-electron chi connectivity index (χ1n) is 7.43. The summed E-state index contributed by atoms with van der Waals surface area (Å²) in [6, 6.07) is 0. The van der Waals surface area contributed by atoms with Crippen LogP contribution < -0.4 is 0 Å².